The summed E-state index contributed by atoms with van der Waals surface area (Å²) in [5, 5.41) is 0. The van der Waals surface area contributed by atoms with Crippen LogP contribution in [0.4, 0.5) is 0 Å². The van der Waals surface area contributed by atoms with Gasteiger partial charge in [0.15, 0.2) is 0 Å². The molecule has 0 aromatic carbocycles. The van der Waals surface area contributed by atoms with E-state index in [0.717, 1.165) is 19.7 Å². The van der Waals surface area contributed by atoms with Crippen molar-refractivity contribution in [3.05, 3.63) is 0 Å². The molecular weight excluding hydrogens is 128 g/mol. The van der Waals surface area contributed by atoms with Crippen molar-refractivity contribution < 1.29 is 4.74 Å². The summed E-state index contributed by atoms with van der Waals surface area (Å²) in [5.41, 5.74) is 5.74. The Morgan fingerprint density at radius 2 is 2.30 bits per heavy atom. The molecule has 2 heterocycles. The fourth-order valence-corrected chi connectivity index (χ4v) is 1.80. The van der Waals surface area contributed by atoms with Gasteiger partial charge in [0.2, 0.25) is 0 Å². The largest absolute Gasteiger partial charge is 0.373 e. The Kier molecular flexibility index (Phi) is 1.44. The highest BCUT2D eigenvalue weighted by molar-refractivity contribution is 4.95. The number of likely N-dealkylation sites (tertiary alicyclic amines) is 1. The molecule has 58 valence electrons. The van der Waals surface area contributed by atoms with E-state index < -0.39 is 0 Å². The van der Waals surface area contributed by atoms with Crippen LogP contribution in [0.5, 0.6) is 0 Å². The van der Waals surface area contributed by atoms with Crippen LogP contribution in [0.3, 0.4) is 0 Å². The normalized spacial score (nSPS) is 40.5. The van der Waals surface area contributed by atoms with Crippen molar-refractivity contribution in [2.45, 2.75) is 18.4 Å². The predicted molar refractivity (Wildman–Crippen MR) is 38.5 cm³/mol. The number of hydrogen-bond acceptors (Lipinski definition) is 3. The molecule has 10 heavy (non-hydrogen) atoms. The van der Waals surface area contributed by atoms with Crippen molar-refractivity contribution in [3.8, 4) is 0 Å². The third-order valence-corrected chi connectivity index (χ3v) is 2.62. The summed E-state index contributed by atoms with van der Waals surface area (Å²) in [7, 11) is 0. The van der Waals surface area contributed by atoms with Crippen LogP contribution in [-0.2, 0) is 4.74 Å². The predicted octanol–water partition coefficient (Wildman–Crippen LogP) is -0.233. The molecule has 0 aromatic heterocycles. The molecule has 0 saturated carbocycles. The lowest BCUT2D eigenvalue weighted by molar-refractivity contribution is -0.137. The van der Waals surface area contributed by atoms with Gasteiger partial charge in [-0.05, 0) is 6.42 Å². The van der Waals surface area contributed by atoms with Crippen LogP contribution < -0.4 is 5.73 Å². The molecule has 0 bridgehead atoms. The van der Waals surface area contributed by atoms with E-state index >= 15 is 0 Å². The monoisotopic (exact) mass is 142 g/mol. The van der Waals surface area contributed by atoms with Gasteiger partial charge in [0.25, 0.3) is 0 Å². The van der Waals surface area contributed by atoms with Crippen LogP contribution in [-0.4, -0.2) is 36.9 Å². The van der Waals surface area contributed by atoms with E-state index in [1.54, 1.807) is 0 Å². The molecule has 3 heteroatoms. The Balaban J connectivity index is 1.92. The molecular formula is C7H14N2O. The van der Waals surface area contributed by atoms with Crippen LogP contribution in [0.2, 0.25) is 0 Å². The van der Waals surface area contributed by atoms with Gasteiger partial charge in [-0.15, -0.1) is 0 Å². The molecule has 2 N–H and O–H groups in total. The van der Waals surface area contributed by atoms with E-state index in [-0.39, 0.29) is 5.60 Å². The average molecular weight is 142 g/mol. The molecule has 2 rings (SSSR count). The third-order valence-electron chi connectivity index (χ3n) is 2.62. The molecule has 0 aliphatic carbocycles. The number of nitrogens with zero attached hydrogens (tertiary/aromatic N) is 1. The highest BCUT2D eigenvalue weighted by Gasteiger charge is 2.43. The second kappa shape index (κ2) is 2.19. The number of nitrogens with two attached hydrogens (primary N) is 1. The summed E-state index contributed by atoms with van der Waals surface area (Å²) in [6, 6.07) is 0. The highest BCUT2D eigenvalue weighted by Crippen LogP contribution is 2.35. The van der Waals surface area contributed by atoms with Crippen molar-refractivity contribution in [1.29, 1.82) is 0 Å². The van der Waals surface area contributed by atoms with Crippen LogP contribution >= 0.6 is 0 Å². The Morgan fingerprint density at radius 3 is 2.60 bits per heavy atom. The second-order valence-electron chi connectivity index (χ2n) is 3.27. The zero-order chi connectivity index (χ0) is 7.03. The van der Waals surface area contributed by atoms with Crippen molar-refractivity contribution in [2.75, 3.05) is 26.4 Å². The second-order valence-corrected chi connectivity index (χ2v) is 3.27. The maximum absolute atomic E-state index is 5.51. The Bertz CT molecular complexity index is 134. The smallest absolute Gasteiger partial charge is 0.0843 e. The zero-order valence-electron chi connectivity index (χ0n) is 6.18. The lowest BCUT2D eigenvalue weighted by Gasteiger charge is -2.38. The molecule has 2 aliphatic heterocycles. The molecule has 1 spiro atoms. The van der Waals surface area contributed by atoms with Gasteiger partial charge in [0.05, 0.1) is 12.2 Å². The van der Waals surface area contributed by atoms with E-state index in [0.29, 0.717) is 6.67 Å². The number of ether oxygens (including phenoxy) is 1. The van der Waals surface area contributed by atoms with E-state index in [9.17, 15) is 0 Å². The topological polar surface area (TPSA) is 38.5 Å². The Hall–Kier alpha value is -0.120. The molecule has 0 radical (unpaired) electrons. The molecule has 0 aromatic rings. The van der Waals surface area contributed by atoms with E-state index in [1.165, 1.54) is 12.8 Å². The fraction of sp³-hybridized carbons (Fsp3) is 1.00. The average Bonchev–Trinajstić information content (AvgIpc) is 2.29. The van der Waals surface area contributed by atoms with E-state index in [1.807, 2.05) is 0 Å². The van der Waals surface area contributed by atoms with Crippen LogP contribution in [0.25, 0.3) is 0 Å². The van der Waals surface area contributed by atoms with Crippen LogP contribution in [0.15, 0.2) is 0 Å². The number of hydrogen-bond donors (Lipinski definition) is 1. The first-order chi connectivity index (χ1) is 4.85. The van der Waals surface area contributed by atoms with Crippen molar-refractivity contribution >= 4 is 0 Å². The van der Waals surface area contributed by atoms with E-state index in [4.69, 9.17) is 10.5 Å². The minimum Gasteiger partial charge on any atom is -0.373 e. The Morgan fingerprint density at radius 1 is 1.50 bits per heavy atom. The fourth-order valence-electron chi connectivity index (χ4n) is 1.80. The van der Waals surface area contributed by atoms with Gasteiger partial charge >= 0.3 is 0 Å². The maximum atomic E-state index is 5.51. The molecule has 2 aliphatic rings. The van der Waals surface area contributed by atoms with Crippen molar-refractivity contribution in [2.24, 2.45) is 5.73 Å². The van der Waals surface area contributed by atoms with Crippen molar-refractivity contribution in [3.63, 3.8) is 0 Å². The molecule has 0 amide bonds. The lowest BCUT2D eigenvalue weighted by Crippen LogP contribution is -2.46. The minimum atomic E-state index is 0.235. The lowest BCUT2D eigenvalue weighted by atomic mass is 9.94. The van der Waals surface area contributed by atoms with Gasteiger partial charge in [-0.25, -0.2) is 0 Å². The van der Waals surface area contributed by atoms with Gasteiger partial charge in [-0.2, -0.15) is 0 Å². The number of rotatable bonds is 1. The maximum Gasteiger partial charge on any atom is 0.0843 e. The first kappa shape index (κ1) is 6.58. The van der Waals surface area contributed by atoms with Gasteiger partial charge in [0.1, 0.15) is 0 Å². The summed E-state index contributed by atoms with van der Waals surface area (Å²) < 4.78 is 5.51. The molecule has 2 saturated heterocycles. The van der Waals surface area contributed by atoms with Gasteiger partial charge in [0, 0.05) is 26.2 Å². The SMILES string of the molecule is NCN1CCC2(CCO2)C1. The van der Waals surface area contributed by atoms with Crippen LogP contribution in [0.1, 0.15) is 12.8 Å². The zero-order valence-corrected chi connectivity index (χ0v) is 6.18. The molecule has 1 unspecified atom stereocenters. The first-order valence-electron chi connectivity index (χ1n) is 3.91. The van der Waals surface area contributed by atoms with Crippen molar-refractivity contribution in [1.82, 2.24) is 4.90 Å². The summed E-state index contributed by atoms with van der Waals surface area (Å²) in [5.74, 6) is 0. The summed E-state index contributed by atoms with van der Waals surface area (Å²) >= 11 is 0. The quantitative estimate of drug-likeness (QED) is 0.549. The standard InChI is InChI=1S/C7H14N2O/c8-6-9-3-1-7(5-9)2-4-10-7/h1-6,8H2. The summed E-state index contributed by atoms with van der Waals surface area (Å²) in [4.78, 5) is 2.25. The molecule has 2 fully saturated rings. The van der Waals surface area contributed by atoms with Gasteiger partial charge in [-0.1, -0.05) is 0 Å². The summed E-state index contributed by atoms with van der Waals surface area (Å²) in [6.07, 6.45) is 2.42. The van der Waals surface area contributed by atoms with Gasteiger partial charge < -0.3 is 10.5 Å². The molecule has 3 nitrogen and oxygen atoms in total. The highest BCUT2D eigenvalue weighted by atomic mass is 16.5. The van der Waals surface area contributed by atoms with Gasteiger partial charge in [-0.3, -0.25) is 4.90 Å². The summed E-state index contributed by atoms with van der Waals surface area (Å²) in [6.45, 7) is 3.82. The van der Waals surface area contributed by atoms with Crippen LogP contribution in [0, 0.1) is 0 Å². The minimum absolute atomic E-state index is 0.235. The first-order valence-corrected chi connectivity index (χ1v) is 3.91. The third kappa shape index (κ3) is 0.856. The van der Waals surface area contributed by atoms with E-state index in [2.05, 4.69) is 4.90 Å². The molecule has 1 atom stereocenters. The Labute approximate surface area is 61.1 Å².